The molecule has 21 heavy (non-hydrogen) atoms. The number of amides is 1. The van der Waals surface area contributed by atoms with Crippen LogP contribution in [0.4, 0.5) is 5.69 Å². The van der Waals surface area contributed by atoms with Gasteiger partial charge in [-0.25, -0.2) is 0 Å². The smallest absolute Gasteiger partial charge is 0.257 e. The van der Waals surface area contributed by atoms with Gasteiger partial charge in [-0.2, -0.15) is 0 Å². The second kappa shape index (κ2) is 6.04. The molecule has 2 aliphatic rings. The lowest BCUT2D eigenvalue weighted by molar-refractivity contribution is 0.0740. The Morgan fingerprint density at radius 1 is 1.29 bits per heavy atom. The number of anilines is 1. The summed E-state index contributed by atoms with van der Waals surface area (Å²) in [5.41, 5.74) is 2.59. The van der Waals surface area contributed by atoms with Crippen molar-refractivity contribution < 1.29 is 4.79 Å². The van der Waals surface area contributed by atoms with Crippen molar-refractivity contribution in [3.05, 3.63) is 23.5 Å². The standard InChI is InChI=1S/C17H25N3O/c1-3-18-16-8-12(2)19-9-15(16)17(21)20(10-13-4-5-13)11-14-6-7-14/h8-9,13-14H,3-7,10-11H2,1-2H3,(H,18,19). The van der Waals surface area contributed by atoms with E-state index in [9.17, 15) is 4.79 Å². The molecule has 1 heterocycles. The van der Waals surface area contributed by atoms with E-state index in [0.717, 1.165) is 48.4 Å². The Labute approximate surface area is 126 Å². The van der Waals surface area contributed by atoms with Crippen molar-refractivity contribution in [3.63, 3.8) is 0 Å². The summed E-state index contributed by atoms with van der Waals surface area (Å²) in [6.07, 6.45) is 6.85. The molecule has 0 atom stereocenters. The summed E-state index contributed by atoms with van der Waals surface area (Å²) >= 11 is 0. The molecule has 114 valence electrons. The third-order valence-corrected chi connectivity index (χ3v) is 4.28. The van der Waals surface area contributed by atoms with Gasteiger partial charge in [0.25, 0.3) is 5.91 Å². The number of hydrogen-bond donors (Lipinski definition) is 1. The summed E-state index contributed by atoms with van der Waals surface area (Å²) in [7, 11) is 0. The number of hydrogen-bond acceptors (Lipinski definition) is 3. The van der Waals surface area contributed by atoms with E-state index in [4.69, 9.17) is 0 Å². The fourth-order valence-electron chi connectivity index (χ4n) is 2.70. The average Bonchev–Trinajstić information content (AvgIpc) is 3.33. The lowest BCUT2D eigenvalue weighted by Crippen LogP contribution is -2.35. The van der Waals surface area contributed by atoms with Crippen LogP contribution in [0.25, 0.3) is 0 Å². The van der Waals surface area contributed by atoms with E-state index >= 15 is 0 Å². The fourth-order valence-corrected chi connectivity index (χ4v) is 2.70. The van der Waals surface area contributed by atoms with Crippen molar-refractivity contribution in [1.82, 2.24) is 9.88 Å². The summed E-state index contributed by atoms with van der Waals surface area (Å²) in [5, 5.41) is 3.30. The maximum absolute atomic E-state index is 12.9. The maximum atomic E-state index is 12.9. The number of nitrogens with zero attached hydrogens (tertiary/aromatic N) is 2. The summed E-state index contributed by atoms with van der Waals surface area (Å²) in [6, 6.07) is 1.98. The molecule has 0 unspecified atom stereocenters. The molecule has 1 aromatic rings. The molecule has 0 aliphatic heterocycles. The number of carbonyl (C=O) groups excluding carboxylic acids is 1. The lowest BCUT2D eigenvalue weighted by atomic mass is 10.1. The molecule has 2 saturated carbocycles. The van der Waals surface area contributed by atoms with Crippen LogP contribution in [-0.2, 0) is 0 Å². The van der Waals surface area contributed by atoms with Gasteiger partial charge in [0.1, 0.15) is 0 Å². The van der Waals surface area contributed by atoms with Crippen LogP contribution in [0.1, 0.15) is 48.7 Å². The SMILES string of the molecule is CCNc1cc(C)ncc1C(=O)N(CC1CC1)CC1CC1. The molecule has 0 aromatic carbocycles. The first-order valence-electron chi connectivity index (χ1n) is 8.17. The minimum Gasteiger partial charge on any atom is -0.385 e. The van der Waals surface area contributed by atoms with Crippen LogP contribution in [0.2, 0.25) is 0 Å². The molecule has 1 amide bonds. The van der Waals surface area contributed by atoms with Gasteiger partial charge < -0.3 is 10.2 Å². The second-order valence-electron chi connectivity index (χ2n) is 6.50. The first-order valence-corrected chi connectivity index (χ1v) is 8.17. The molecule has 1 aromatic heterocycles. The Hall–Kier alpha value is -1.58. The van der Waals surface area contributed by atoms with Crippen LogP contribution < -0.4 is 5.32 Å². The van der Waals surface area contributed by atoms with Crippen LogP contribution in [0.3, 0.4) is 0 Å². The predicted octanol–water partition coefficient (Wildman–Crippen LogP) is 3.08. The molecule has 0 spiro atoms. The molecule has 0 radical (unpaired) electrons. The van der Waals surface area contributed by atoms with Crippen LogP contribution in [0, 0.1) is 18.8 Å². The lowest BCUT2D eigenvalue weighted by Gasteiger charge is -2.24. The van der Waals surface area contributed by atoms with Crippen molar-refractivity contribution >= 4 is 11.6 Å². The number of aryl methyl sites for hydroxylation is 1. The Bertz CT molecular complexity index is 507. The number of pyridine rings is 1. The van der Waals surface area contributed by atoms with Gasteiger partial charge in [0, 0.05) is 31.5 Å². The van der Waals surface area contributed by atoms with E-state index in [1.54, 1.807) is 6.20 Å². The van der Waals surface area contributed by atoms with Crippen molar-refractivity contribution in [2.24, 2.45) is 11.8 Å². The quantitative estimate of drug-likeness (QED) is 0.838. The summed E-state index contributed by atoms with van der Waals surface area (Å²) in [5.74, 6) is 1.61. The third-order valence-electron chi connectivity index (χ3n) is 4.28. The first-order chi connectivity index (χ1) is 10.2. The van der Waals surface area contributed by atoms with E-state index in [0.29, 0.717) is 0 Å². The van der Waals surface area contributed by atoms with Gasteiger partial charge in [-0.3, -0.25) is 9.78 Å². The fraction of sp³-hybridized carbons (Fsp3) is 0.647. The van der Waals surface area contributed by atoms with E-state index in [1.165, 1.54) is 25.7 Å². The topological polar surface area (TPSA) is 45.2 Å². The average molecular weight is 287 g/mol. The van der Waals surface area contributed by atoms with Crippen LogP contribution in [-0.4, -0.2) is 35.4 Å². The zero-order valence-electron chi connectivity index (χ0n) is 13.1. The Morgan fingerprint density at radius 2 is 1.90 bits per heavy atom. The summed E-state index contributed by atoms with van der Waals surface area (Å²) in [4.78, 5) is 19.3. The zero-order chi connectivity index (χ0) is 14.8. The molecular formula is C17H25N3O. The van der Waals surface area contributed by atoms with Gasteiger partial charge in [-0.15, -0.1) is 0 Å². The highest BCUT2D eigenvalue weighted by Crippen LogP contribution is 2.34. The van der Waals surface area contributed by atoms with Crippen LogP contribution in [0.15, 0.2) is 12.3 Å². The van der Waals surface area contributed by atoms with E-state index in [-0.39, 0.29) is 5.91 Å². The highest BCUT2D eigenvalue weighted by Gasteiger charge is 2.32. The largest absolute Gasteiger partial charge is 0.385 e. The molecule has 2 fully saturated rings. The normalized spacial score (nSPS) is 17.6. The van der Waals surface area contributed by atoms with Crippen LogP contribution >= 0.6 is 0 Å². The van der Waals surface area contributed by atoms with Crippen molar-refractivity contribution in [1.29, 1.82) is 0 Å². The molecule has 1 N–H and O–H groups in total. The zero-order valence-corrected chi connectivity index (χ0v) is 13.1. The Balaban J connectivity index is 1.79. The van der Waals surface area contributed by atoms with E-state index in [1.807, 2.05) is 13.0 Å². The van der Waals surface area contributed by atoms with Gasteiger partial charge in [0.2, 0.25) is 0 Å². The van der Waals surface area contributed by atoms with Gasteiger partial charge in [0.15, 0.2) is 0 Å². The van der Waals surface area contributed by atoms with E-state index < -0.39 is 0 Å². The minimum atomic E-state index is 0.150. The number of rotatable bonds is 7. The summed E-state index contributed by atoms with van der Waals surface area (Å²) in [6.45, 7) is 6.68. The monoisotopic (exact) mass is 287 g/mol. The van der Waals surface area contributed by atoms with Crippen LogP contribution in [0.5, 0.6) is 0 Å². The molecule has 4 nitrogen and oxygen atoms in total. The Morgan fingerprint density at radius 3 is 2.43 bits per heavy atom. The summed E-state index contributed by atoms with van der Waals surface area (Å²) < 4.78 is 0. The van der Waals surface area contributed by atoms with Gasteiger partial charge >= 0.3 is 0 Å². The molecular weight excluding hydrogens is 262 g/mol. The van der Waals surface area contributed by atoms with Crippen molar-refractivity contribution in [2.75, 3.05) is 25.0 Å². The minimum absolute atomic E-state index is 0.150. The molecule has 0 bridgehead atoms. The predicted molar refractivity (Wildman–Crippen MR) is 84.5 cm³/mol. The first kappa shape index (κ1) is 14.4. The van der Waals surface area contributed by atoms with E-state index in [2.05, 4.69) is 22.1 Å². The van der Waals surface area contributed by atoms with Gasteiger partial charge in [-0.1, -0.05) is 0 Å². The number of nitrogens with one attached hydrogen (secondary N) is 1. The van der Waals surface area contributed by atoms with Crippen molar-refractivity contribution in [2.45, 2.75) is 39.5 Å². The highest BCUT2D eigenvalue weighted by atomic mass is 16.2. The highest BCUT2D eigenvalue weighted by molar-refractivity contribution is 5.99. The number of carbonyl (C=O) groups is 1. The maximum Gasteiger partial charge on any atom is 0.257 e. The van der Waals surface area contributed by atoms with Gasteiger partial charge in [-0.05, 0) is 57.4 Å². The second-order valence-corrected chi connectivity index (χ2v) is 6.50. The molecule has 3 rings (SSSR count). The molecule has 2 aliphatic carbocycles. The molecule has 0 saturated heterocycles. The third kappa shape index (κ3) is 3.74. The Kier molecular flexibility index (Phi) is 4.13. The van der Waals surface area contributed by atoms with Crippen molar-refractivity contribution in [3.8, 4) is 0 Å². The molecule has 4 heteroatoms. The number of aromatic nitrogens is 1. The van der Waals surface area contributed by atoms with Gasteiger partial charge in [0.05, 0.1) is 11.3 Å².